The minimum absolute atomic E-state index is 0.672. The Morgan fingerprint density at radius 1 is 1.28 bits per heavy atom. The van der Waals surface area contributed by atoms with Crippen molar-refractivity contribution in [3.63, 3.8) is 0 Å². The number of hydrogen-bond donors (Lipinski definition) is 1. The Hall–Kier alpha value is -0.940. The number of thiazole rings is 1. The predicted molar refractivity (Wildman–Crippen MR) is 82.8 cm³/mol. The first kappa shape index (κ1) is 12.1. The molecule has 0 bridgehead atoms. The van der Waals surface area contributed by atoms with Crippen LogP contribution in [0.15, 0.2) is 18.2 Å². The van der Waals surface area contributed by atoms with Crippen LogP contribution < -0.4 is 10.6 Å². The highest BCUT2D eigenvalue weighted by atomic mass is 32.2. The maximum atomic E-state index is 5.82. The van der Waals surface area contributed by atoms with E-state index in [9.17, 15) is 0 Å². The normalized spacial score (nSPS) is 24.7. The lowest BCUT2D eigenvalue weighted by molar-refractivity contribution is 0.726. The van der Waals surface area contributed by atoms with Crippen LogP contribution in [0.1, 0.15) is 13.8 Å². The van der Waals surface area contributed by atoms with Crippen molar-refractivity contribution in [1.82, 2.24) is 4.98 Å². The molecule has 2 heterocycles. The number of nitrogens with two attached hydrogens (primary N) is 1. The first-order chi connectivity index (χ1) is 8.61. The molecule has 2 atom stereocenters. The highest BCUT2D eigenvalue weighted by molar-refractivity contribution is 8.00. The number of fused-ring (bicyclic) bond motifs is 1. The summed E-state index contributed by atoms with van der Waals surface area (Å²) in [6.07, 6.45) is 0. The number of nitrogens with zero attached hydrogens (tertiary/aromatic N) is 2. The van der Waals surface area contributed by atoms with Gasteiger partial charge in [0.2, 0.25) is 0 Å². The fourth-order valence-electron chi connectivity index (χ4n) is 2.40. The number of aromatic nitrogens is 1. The summed E-state index contributed by atoms with van der Waals surface area (Å²) < 4.78 is 1.18. The fourth-order valence-corrected chi connectivity index (χ4v) is 4.76. The van der Waals surface area contributed by atoms with Gasteiger partial charge in [-0.2, -0.15) is 11.8 Å². The zero-order valence-corrected chi connectivity index (χ0v) is 12.2. The van der Waals surface area contributed by atoms with E-state index in [1.807, 2.05) is 18.2 Å². The third kappa shape index (κ3) is 2.29. The largest absolute Gasteiger partial charge is 0.399 e. The molecular weight excluding hydrogens is 262 g/mol. The van der Waals surface area contributed by atoms with Gasteiger partial charge in [0.15, 0.2) is 5.13 Å². The summed E-state index contributed by atoms with van der Waals surface area (Å²) in [5.74, 6) is 0. The summed E-state index contributed by atoms with van der Waals surface area (Å²) in [7, 11) is 0. The van der Waals surface area contributed by atoms with E-state index in [2.05, 4.69) is 30.5 Å². The molecule has 1 aliphatic rings. The van der Waals surface area contributed by atoms with E-state index in [4.69, 9.17) is 10.7 Å². The molecule has 3 rings (SSSR count). The van der Waals surface area contributed by atoms with Crippen molar-refractivity contribution in [2.24, 2.45) is 0 Å². The quantitative estimate of drug-likeness (QED) is 0.814. The van der Waals surface area contributed by atoms with Gasteiger partial charge in [-0.25, -0.2) is 4.98 Å². The van der Waals surface area contributed by atoms with Crippen molar-refractivity contribution in [3.05, 3.63) is 18.2 Å². The Morgan fingerprint density at radius 3 is 2.72 bits per heavy atom. The summed E-state index contributed by atoms with van der Waals surface area (Å²) in [5.41, 5.74) is 7.69. The van der Waals surface area contributed by atoms with Crippen molar-refractivity contribution in [2.75, 3.05) is 23.7 Å². The lowest BCUT2D eigenvalue weighted by atomic mass is 10.3. The summed E-state index contributed by atoms with van der Waals surface area (Å²) in [5, 5.41) is 2.48. The molecule has 1 aliphatic heterocycles. The van der Waals surface area contributed by atoms with Crippen LogP contribution in [-0.4, -0.2) is 28.6 Å². The van der Waals surface area contributed by atoms with Crippen LogP contribution in [0.4, 0.5) is 10.8 Å². The molecule has 2 unspecified atom stereocenters. The lowest BCUT2D eigenvalue weighted by Crippen LogP contribution is -2.40. The zero-order chi connectivity index (χ0) is 12.7. The molecule has 1 aromatic heterocycles. The molecular formula is C13H17N3S2. The van der Waals surface area contributed by atoms with E-state index < -0.39 is 0 Å². The summed E-state index contributed by atoms with van der Waals surface area (Å²) in [6, 6.07) is 5.95. The average molecular weight is 279 g/mol. The van der Waals surface area contributed by atoms with Gasteiger partial charge in [0.1, 0.15) is 0 Å². The average Bonchev–Trinajstić information content (AvgIpc) is 2.70. The molecule has 2 aromatic rings. The van der Waals surface area contributed by atoms with Crippen molar-refractivity contribution >= 4 is 44.1 Å². The van der Waals surface area contributed by atoms with Crippen LogP contribution >= 0.6 is 23.1 Å². The van der Waals surface area contributed by atoms with Crippen molar-refractivity contribution in [1.29, 1.82) is 0 Å². The van der Waals surface area contributed by atoms with Gasteiger partial charge < -0.3 is 10.6 Å². The molecule has 1 fully saturated rings. The van der Waals surface area contributed by atoms with E-state index >= 15 is 0 Å². The van der Waals surface area contributed by atoms with E-state index in [0.717, 1.165) is 29.4 Å². The third-order valence-corrected chi connectivity index (χ3v) is 5.40. The van der Waals surface area contributed by atoms with E-state index in [-0.39, 0.29) is 0 Å². The summed E-state index contributed by atoms with van der Waals surface area (Å²) in [4.78, 5) is 7.14. The molecule has 0 radical (unpaired) electrons. The smallest absolute Gasteiger partial charge is 0.186 e. The number of thioether (sulfide) groups is 1. The Bertz CT molecular complexity index is 556. The van der Waals surface area contributed by atoms with Gasteiger partial charge in [-0.1, -0.05) is 25.2 Å². The molecule has 1 saturated heterocycles. The first-order valence-electron chi connectivity index (χ1n) is 6.18. The van der Waals surface area contributed by atoms with E-state index in [1.165, 1.54) is 4.70 Å². The number of hydrogen-bond acceptors (Lipinski definition) is 5. The molecule has 0 aliphatic carbocycles. The number of anilines is 2. The number of benzene rings is 1. The Morgan fingerprint density at radius 2 is 2.00 bits per heavy atom. The molecule has 96 valence electrons. The lowest BCUT2D eigenvalue weighted by Gasteiger charge is -2.34. The van der Waals surface area contributed by atoms with Gasteiger partial charge in [0.25, 0.3) is 0 Å². The molecule has 5 heteroatoms. The molecule has 3 nitrogen and oxygen atoms in total. The standard InChI is InChI=1S/C13H17N3S2/c1-8-6-16(7-9(2)17-8)13-15-11-4-3-10(14)5-12(11)18-13/h3-5,8-9H,6-7,14H2,1-2H3. The molecule has 2 N–H and O–H groups in total. The van der Waals surface area contributed by atoms with Gasteiger partial charge >= 0.3 is 0 Å². The van der Waals surface area contributed by atoms with Crippen molar-refractivity contribution in [3.8, 4) is 0 Å². The van der Waals surface area contributed by atoms with Gasteiger partial charge in [-0.3, -0.25) is 0 Å². The monoisotopic (exact) mass is 279 g/mol. The fraction of sp³-hybridized carbons (Fsp3) is 0.462. The second kappa shape index (κ2) is 4.63. The first-order valence-corrected chi connectivity index (χ1v) is 7.94. The second-order valence-corrected chi connectivity index (χ2v) is 7.78. The molecule has 0 saturated carbocycles. The highest BCUT2D eigenvalue weighted by Gasteiger charge is 2.24. The highest BCUT2D eigenvalue weighted by Crippen LogP contribution is 2.34. The summed E-state index contributed by atoms with van der Waals surface area (Å²) in [6.45, 7) is 6.76. The zero-order valence-electron chi connectivity index (χ0n) is 10.6. The van der Waals surface area contributed by atoms with Crippen LogP contribution in [-0.2, 0) is 0 Å². The minimum atomic E-state index is 0.672. The van der Waals surface area contributed by atoms with Crippen LogP contribution in [0.25, 0.3) is 10.2 Å². The molecule has 0 amide bonds. The van der Waals surface area contributed by atoms with E-state index in [0.29, 0.717) is 10.5 Å². The van der Waals surface area contributed by atoms with Gasteiger partial charge in [-0.05, 0) is 18.2 Å². The van der Waals surface area contributed by atoms with Crippen LogP contribution in [0.5, 0.6) is 0 Å². The summed E-state index contributed by atoms with van der Waals surface area (Å²) >= 11 is 3.81. The second-order valence-electron chi connectivity index (χ2n) is 4.89. The third-order valence-electron chi connectivity index (χ3n) is 3.09. The van der Waals surface area contributed by atoms with Crippen LogP contribution in [0.2, 0.25) is 0 Å². The topological polar surface area (TPSA) is 42.2 Å². The Balaban J connectivity index is 1.93. The molecule has 18 heavy (non-hydrogen) atoms. The maximum Gasteiger partial charge on any atom is 0.186 e. The Labute approximate surface area is 115 Å². The van der Waals surface area contributed by atoms with Crippen LogP contribution in [0, 0.1) is 0 Å². The van der Waals surface area contributed by atoms with Crippen molar-refractivity contribution in [2.45, 2.75) is 24.3 Å². The number of rotatable bonds is 1. The van der Waals surface area contributed by atoms with E-state index in [1.54, 1.807) is 11.3 Å². The van der Waals surface area contributed by atoms with Crippen LogP contribution in [0.3, 0.4) is 0 Å². The van der Waals surface area contributed by atoms with Crippen molar-refractivity contribution < 1.29 is 0 Å². The van der Waals surface area contributed by atoms with Gasteiger partial charge in [0.05, 0.1) is 10.2 Å². The number of nitrogen functional groups attached to an aromatic ring is 1. The molecule has 1 aromatic carbocycles. The molecule has 0 spiro atoms. The minimum Gasteiger partial charge on any atom is -0.399 e. The predicted octanol–water partition coefficient (Wildman–Crippen LogP) is 3.21. The SMILES string of the molecule is CC1CN(c2nc3ccc(N)cc3s2)CC(C)S1. The van der Waals surface area contributed by atoms with Gasteiger partial charge in [-0.15, -0.1) is 0 Å². The maximum absolute atomic E-state index is 5.82. The Kier molecular flexibility index (Phi) is 3.11. The van der Waals surface area contributed by atoms with Gasteiger partial charge in [0, 0.05) is 29.3 Å².